The quantitative estimate of drug-likeness (QED) is 0.786. The van der Waals surface area contributed by atoms with Gasteiger partial charge in [0.25, 0.3) is 5.56 Å². The smallest absolute Gasteiger partial charge is 0.258 e. The molecule has 1 aliphatic carbocycles. The third-order valence-corrected chi connectivity index (χ3v) is 4.87. The molecule has 0 radical (unpaired) electrons. The van der Waals surface area contributed by atoms with E-state index in [0.717, 1.165) is 12.8 Å². The molecule has 1 amide bonds. The van der Waals surface area contributed by atoms with Crippen LogP contribution in [0.5, 0.6) is 0 Å². The highest BCUT2D eigenvalue weighted by Crippen LogP contribution is 2.39. The number of rotatable bonds is 7. The fraction of sp³-hybridized carbons (Fsp3) is 0.474. The van der Waals surface area contributed by atoms with Crippen molar-refractivity contribution in [3.05, 3.63) is 40.4 Å². The fourth-order valence-electron chi connectivity index (χ4n) is 3.12. The van der Waals surface area contributed by atoms with Crippen molar-refractivity contribution in [3.63, 3.8) is 0 Å². The summed E-state index contributed by atoms with van der Waals surface area (Å²) in [4.78, 5) is 33.7. The average molecular weight is 353 g/mol. The number of benzene rings is 1. The van der Waals surface area contributed by atoms with Gasteiger partial charge in [0.05, 0.1) is 30.1 Å². The second-order valence-electron chi connectivity index (χ2n) is 6.97. The van der Waals surface area contributed by atoms with Gasteiger partial charge in [0.15, 0.2) is 0 Å². The number of H-pyrrole nitrogens is 1. The van der Waals surface area contributed by atoms with Crippen LogP contribution in [-0.2, 0) is 11.3 Å². The molecule has 1 aromatic carbocycles. The van der Waals surface area contributed by atoms with E-state index in [9.17, 15) is 14.9 Å². The number of amides is 1. The standard InChI is InChI=1S/C19H23N5O2/c1-3-24(11-17(25)23-19(2,12-20)13-8-9-13)10-16-21-15-7-5-4-6-14(15)18(26)22-16/h4-7,13H,3,8-11H2,1-2H3,(H,23,25)(H,21,22,26)/t19-/m0/s1. The van der Waals surface area contributed by atoms with Crippen LogP contribution in [0.1, 0.15) is 32.5 Å². The molecule has 0 bridgehead atoms. The molecule has 26 heavy (non-hydrogen) atoms. The van der Waals surface area contributed by atoms with Crippen LogP contribution in [0, 0.1) is 17.2 Å². The van der Waals surface area contributed by atoms with Gasteiger partial charge < -0.3 is 10.3 Å². The Morgan fingerprint density at radius 1 is 1.46 bits per heavy atom. The van der Waals surface area contributed by atoms with E-state index in [1.165, 1.54) is 0 Å². The van der Waals surface area contributed by atoms with Gasteiger partial charge in [-0.3, -0.25) is 14.5 Å². The normalized spacial score (nSPS) is 16.2. The van der Waals surface area contributed by atoms with Crippen LogP contribution in [0.25, 0.3) is 10.9 Å². The summed E-state index contributed by atoms with van der Waals surface area (Å²) in [6, 6.07) is 9.40. The second-order valence-corrected chi connectivity index (χ2v) is 6.97. The first kappa shape index (κ1) is 18.1. The maximum absolute atomic E-state index is 12.4. The molecule has 1 heterocycles. The Morgan fingerprint density at radius 3 is 2.85 bits per heavy atom. The first-order chi connectivity index (χ1) is 12.4. The molecule has 0 unspecified atom stereocenters. The number of hydrogen-bond acceptors (Lipinski definition) is 5. The average Bonchev–Trinajstić information content (AvgIpc) is 3.46. The number of carbonyl (C=O) groups is 1. The highest BCUT2D eigenvalue weighted by molar-refractivity contribution is 5.79. The van der Waals surface area contributed by atoms with Gasteiger partial charge in [-0.2, -0.15) is 5.26 Å². The minimum Gasteiger partial charge on any atom is -0.337 e. The van der Waals surface area contributed by atoms with Crippen molar-refractivity contribution < 1.29 is 4.79 Å². The lowest BCUT2D eigenvalue weighted by Gasteiger charge is -2.25. The number of carbonyl (C=O) groups excluding carboxylic acids is 1. The Kier molecular flexibility index (Phi) is 5.05. The SMILES string of the molecule is CCN(CC(=O)N[C@@](C)(C#N)C1CC1)Cc1nc2ccccc2c(=O)[nH]1. The lowest BCUT2D eigenvalue weighted by atomic mass is 9.98. The van der Waals surface area contributed by atoms with E-state index in [1.54, 1.807) is 25.1 Å². The number of fused-ring (bicyclic) bond motifs is 1. The molecule has 1 aliphatic rings. The molecule has 1 atom stereocenters. The summed E-state index contributed by atoms with van der Waals surface area (Å²) in [5, 5.41) is 12.8. The molecule has 0 aliphatic heterocycles. The Balaban J connectivity index is 1.69. The maximum atomic E-state index is 12.4. The highest BCUT2D eigenvalue weighted by Gasteiger charge is 2.43. The molecular weight excluding hydrogens is 330 g/mol. The Bertz CT molecular complexity index is 912. The summed E-state index contributed by atoms with van der Waals surface area (Å²) in [6.07, 6.45) is 1.95. The molecule has 7 heteroatoms. The summed E-state index contributed by atoms with van der Waals surface area (Å²) >= 11 is 0. The Hall–Kier alpha value is -2.72. The predicted octanol–water partition coefficient (Wildman–Crippen LogP) is 1.55. The van der Waals surface area contributed by atoms with E-state index >= 15 is 0 Å². The van der Waals surface area contributed by atoms with Crippen LogP contribution in [0.4, 0.5) is 0 Å². The minimum absolute atomic E-state index is 0.150. The lowest BCUT2D eigenvalue weighted by molar-refractivity contribution is -0.123. The van der Waals surface area contributed by atoms with Gasteiger partial charge in [0.1, 0.15) is 11.4 Å². The molecule has 2 N–H and O–H groups in total. The van der Waals surface area contributed by atoms with Crippen LogP contribution in [0.3, 0.4) is 0 Å². The lowest BCUT2D eigenvalue weighted by Crippen LogP contribution is -2.50. The van der Waals surface area contributed by atoms with Crippen molar-refractivity contribution in [2.24, 2.45) is 5.92 Å². The number of para-hydroxylation sites is 1. The molecule has 1 fully saturated rings. The number of hydrogen-bond donors (Lipinski definition) is 2. The van der Waals surface area contributed by atoms with Crippen LogP contribution < -0.4 is 10.9 Å². The largest absolute Gasteiger partial charge is 0.337 e. The summed E-state index contributed by atoms with van der Waals surface area (Å²) < 4.78 is 0. The van der Waals surface area contributed by atoms with Crippen molar-refractivity contribution in [2.75, 3.05) is 13.1 Å². The third kappa shape index (κ3) is 3.92. The van der Waals surface area contributed by atoms with Crippen molar-refractivity contribution in [2.45, 2.75) is 38.8 Å². The van der Waals surface area contributed by atoms with Gasteiger partial charge in [-0.25, -0.2) is 4.98 Å². The molecule has 2 aromatic rings. The number of aromatic amines is 1. The van der Waals surface area contributed by atoms with Crippen LogP contribution in [0.15, 0.2) is 29.1 Å². The first-order valence-corrected chi connectivity index (χ1v) is 8.87. The summed E-state index contributed by atoms with van der Waals surface area (Å²) in [6.45, 7) is 4.85. The van der Waals surface area contributed by atoms with Gasteiger partial charge in [-0.15, -0.1) is 0 Å². The molecular formula is C19H23N5O2. The molecule has 0 spiro atoms. The monoisotopic (exact) mass is 353 g/mol. The fourth-order valence-corrected chi connectivity index (χ4v) is 3.12. The van der Waals surface area contributed by atoms with Gasteiger partial charge in [0, 0.05) is 0 Å². The molecule has 7 nitrogen and oxygen atoms in total. The van der Waals surface area contributed by atoms with Crippen molar-refractivity contribution in [1.29, 1.82) is 5.26 Å². The van der Waals surface area contributed by atoms with Crippen molar-refractivity contribution in [1.82, 2.24) is 20.2 Å². The Labute approximate surface area is 152 Å². The zero-order valence-corrected chi connectivity index (χ0v) is 15.1. The summed E-state index contributed by atoms with van der Waals surface area (Å²) in [5.41, 5.74) is -0.346. The van der Waals surface area contributed by atoms with Gasteiger partial charge >= 0.3 is 0 Å². The second kappa shape index (κ2) is 7.26. The van der Waals surface area contributed by atoms with E-state index in [-0.39, 0.29) is 23.9 Å². The third-order valence-electron chi connectivity index (χ3n) is 4.87. The number of likely N-dealkylation sites (N-methyl/N-ethyl adjacent to an activating group) is 1. The van der Waals surface area contributed by atoms with E-state index < -0.39 is 5.54 Å². The first-order valence-electron chi connectivity index (χ1n) is 8.87. The minimum atomic E-state index is -0.800. The summed E-state index contributed by atoms with van der Waals surface area (Å²) in [7, 11) is 0. The van der Waals surface area contributed by atoms with Crippen LogP contribution in [-0.4, -0.2) is 39.4 Å². The van der Waals surface area contributed by atoms with Gasteiger partial charge in [0.2, 0.25) is 5.91 Å². The van der Waals surface area contributed by atoms with Gasteiger partial charge in [-0.05, 0) is 44.4 Å². The van der Waals surface area contributed by atoms with Crippen molar-refractivity contribution >= 4 is 16.8 Å². The van der Waals surface area contributed by atoms with Crippen LogP contribution in [0.2, 0.25) is 0 Å². The zero-order chi connectivity index (χ0) is 18.7. The molecule has 1 aromatic heterocycles. The zero-order valence-electron chi connectivity index (χ0n) is 15.1. The highest BCUT2D eigenvalue weighted by atomic mass is 16.2. The topological polar surface area (TPSA) is 102 Å². The Morgan fingerprint density at radius 2 is 2.19 bits per heavy atom. The van der Waals surface area contributed by atoms with E-state index in [4.69, 9.17) is 0 Å². The number of aromatic nitrogens is 2. The molecule has 3 rings (SSSR count). The maximum Gasteiger partial charge on any atom is 0.258 e. The van der Waals surface area contributed by atoms with Crippen molar-refractivity contribution in [3.8, 4) is 6.07 Å². The number of nitrogens with one attached hydrogen (secondary N) is 2. The number of nitrogens with zero attached hydrogens (tertiary/aromatic N) is 3. The van der Waals surface area contributed by atoms with E-state index in [1.807, 2.05) is 17.9 Å². The molecule has 1 saturated carbocycles. The molecule has 136 valence electrons. The molecule has 0 saturated heterocycles. The van der Waals surface area contributed by atoms with Gasteiger partial charge in [-0.1, -0.05) is 19.1 Å². The van der Waals surface area contributed by atoms with E-state index in [0.29, 0.717) is 29.8 Å². The summed E-state index contributed by atoms with van der Waals surface area (Å²) in [5.74, 6) is 0.574. The van der Waals surface area contributed by atoms with E-state index in [2.05, 4.69) is 21.4 Å². The number of nitriles is 1. The predicted molar refractivity (Wildman–Crippen MR) is 98.2 cm³/mol. The van der Waals surface area contributed by atoms with Crippen LogP contribution >= 0.6 is 0 Å².